The summed E-state index contributed by atoms with van der Waals surface area (Å²) in [5, 5.41) is 15.3. The zero-order valence-electron chi connectivity index (χ0n) is 17.1. The van der Waals surface area contributed by atoms with E-state index in [1.54, 1.807) is 20.4 Å². The number of rotatable bonds is 10. The van der Waals surface area contributed by atoms with Crippen LogP contribution in [-0.2, 0) is 11.3 Å². The monoisotopic (exact) mass is 441 g/mol. The maximum Gasteiger partial charge on any atom is 0.264 e. The van der Waals surface area contributed by atoms with E-state index >= 15 is 0 Å². The maximum absolute atomic E-state index is 12.1. The number of hydrazone groups is 1. The van der Waals surface area contributed by atoms with Gasteiger partial charge in [0.1, 0.15) is 11.5 Å². The molecule has 0 aliphatic carbocycles. The number of carbonyl (C=O) groups excluding carboxylic acids is 1. The van der Waals surface area contributed by atoms with Crippen LogP contribution in [0.4, 0.5) is 5.95 Å². The van der Waals surface area contributed by atoms with Gasteiger partial charge in [0.05, 0.1) is 26.2 Å². The summed E-state index contributed by atoms with van der Waals surface area (Å²) in [5.41, 5.74) is 4.55. The van der Waals surface area contributed by atoms with E-state index in [1.807, 2.05) is 48.5 Å². The summed E-state index contributed by atoms with van der Waals surface area (Å²) in [6.07, 6.45) is 1.61. The number of ether oxygens (including phenoxy) is 2. The molecule has 0 unspecified atom stereocenters. The van der Waals surface area contributed by atoms with Crippen molar-refractivity contribution in [1.29, 1.82) is 0 Å². The highest BCUT2D eigenvalue weighted by Gasteiger charge is 2.12. The minimum absolute atomic E-state index is 0.144. The third-order valence-electron chi connectivity index (χ3n) is 4.12. The summed E-state index contributed by atoms with van der Waals surface area (Å²) in [6, 6.07) is 14.9. The Balaban J connectivity index is 1.46. The van der Waals surface area contributed by atoms with Gasteiger partial charge in [0, 0.05) is 6.54 Å². The predicted octanol–water partition coefficient (Wildman–Crippen LogP) is 1.86. The summed E-state index contributed by atoms with van der Waals surface area (Å²) in [5.74, 6) is 7.74. The number of anilines is 1. The van der Waals surface area contributed by atoms with Crippen LogP contribution in [0.25, 0.3) is 0 Å². The number of amides is 1. The van der Waals surface area contributed by atoms with E-state index in [2.05, 4.69) is 26.0 Å². The number of hydrogen-bond donors (Lipinski definition) is 3. The predicted molar refractivity (Wildman–Crippen MR) is 120 cm³/mol. The minimum Gasteiger partial charge on any atom is -0.497 e. The van der Waals surface area contributed by atoms with E-state index in [4.69, 9.17) is 15.3 Å². The van der Waals surface area contributed by atoms with Crippen molar-refractivity contribution in [1.82, 2.24) is 20.2 Å². The Kier molecular flexibility index (Phi) is 7.71. The largest absolute Gasteiger partial charge is 0.497 e. The molecule has 0 aliphatic heterocycles. The SMILES string of the molecule is COc1ccc(CNC(=O)CSc2nnc(N/N=C/c3cccc(OC)c3)n2N)cc1. The second-order valence-corrected chi connectivity index (χ2v) is 7.18. The van der Waals surface area contributed by atoms with Crippen LogP contribution in [0.2, 0.25) is 0 Å². The van der Waals surface area contributed by atoms with Gasteiger partial charge >= 0.3 is 0 Å². The third kappa shape index (κ3) is 6.37. The Hall–Kier alpha value is -3.73. The van der Waals surface area contributed by atoms with Crippen LogP contribution < -0.4 is 26.1 Å². The second kappa shape index (κ2) is 10.9. The van der Waals surface area contributed by atoms with Crippen LogP contribution in [0, 0.1) is 0 Å². The number of nitrogens with one attached hydrogen (secondary N) is 2. The normalized spacial score (nSPS) is 10.8. The number of nitrogens with zero attached hydrogens (tertiary/aromatic N) is 4. The third-order valence-corrected chi connectivity index (χ3v) is 5.06. The average molecular weight is 442 g/mol. The van der Waals surface area contributed by atoms with Crippen LogP contribution in [0.5, 0.6) is 11.5 Å². The molecule has 3 rings (SSSR count). The number of hydrogen-bond acceptors (Lipinski definition) is 9. The fourth-order valence-electron chi connectivity index (χ4n) is 2.46. The molecule has 1 aromatic heterocycles. The van der Waals surface area contributed by atoms with Crippen molar-refractivity contribution >= 4 is 29.8 Å². The molecule has 3 aromatic rings. The van der Waals surface area contributed by atoms with Crippen LogP contribution in [0.1, 0.15) is 11.1 Å². The molecule has 162 valence electrons. The van der Waals surface area contributed by atoms with Crippen molar-refractivity contribution in [2.75, 3.05) is 31.2 Å². The fraction of sp³-hybridized carbons (Fsp3) is 0.200. The molecule has 0 saturated heterocycles. The van der Waals surface area contributed by atoms with E-state index in [0.29, 0.717) is 11.7 Å². The van der Waals surface area contributed by atoms with E-state index in [1.165, 1.54) is 16.4 Å². The van der Waals surface area contributed by atoms with Crippen molar-refractivity contribution in [2.45, 2.75) is 11.7 Å². The lowest BCUT2D eigenvalue weighted by atomic mass is 10.2. The number of methoxy groups -OCH3 is 2. The average Bonchev–Trinajstić information content (AvgIpc) is 3.16. The van der Waals surface area contributed by atoms with Gasteiger partial charge in [0.15, 0.2) is 0 Å². The molecule has 1 heterocycles. The molecule has 0 atom stereocenters. The summed E-state index contributed by atoms with van der Waals surface area (Å²) < 4.78 is 11.5. The van der Waals surface area contributed by atoms with Crippen LogP contribution in [0.15, 0.2) is 58.8 Å². The molecule has 0 fully saturated rings. The highest BCUT2D eigenvalue weighted by molar-refractivity contribution is 7.99. The van der Waals surface area contributed by atoms with E-state index in [-0.39, 0.29) is 17.6 Å². The molecule has 4 N–H and O–H groups in total. The summed E-state index contributed by atoms with van der Waals surface area (Å²) in [6.45, 7) is 0.421. The number of nitrogens with two attached hydrogens (primary N) is 1. The van der Waals surface area contributed by atoms with Gasteiger partial charge in [-0.2, -0.15) is 5.10 Å². The lowest BCUT2D eigenvalue weighted by molar-refractivity contribution is -0.118. The van der Waals surface area contributed by atoms with Crippen LogP contribution in [0.3, 0.4) is 0 Å². The number of aromatic nitrogens is 3. The van der Waals surface area contributed by atoms with Crippen LogP contribution >= 0.6 is 11.8 Å². The smallest absolute Gasteiger partial charge is 0.264 e. The Labute approximate surface area is 183 Å². The highest BCUT2D eigenvalue weighted by Crippen LogP contribution is 2.17. The van der Waals surface area contributed by atoms with Gasteiger partial charge in [-0.05, 0) is 35.4 Å². The highest BCUT2D eigenvalue weighted by atomic mass is 32.2. The molecular weight excluding hydrogens is 418 g/mol. The minimum atomic E-state index is -0.144. The zero-order valence-corrected chi connectivity index (χ0v) is 17.9. The standard InChI is InChI=1S/C20H23N7O3S/c1-29-16-8-6-14(7-9-16)11-22-18(28)13-31-20-26-25-19(27(20)21)24-23-12-15-4-3-5-17(10-15)30-2/h3-10,12H,11,13,21H2,1-2H3,(H,22,28)(H,24,25)/b23-12+. The molecule has 2 aromatic carbocycles. The van der Waals surface area contributed by atoms with Gasteiger partial charge in [-0.3, -0.25) is 4.79 Å². The first-order chi connectivity index (χ1) is 15.1. The molecule has 1 amide bonds. The first-order valence-corrected chi connectivity index (χ1v) is 10.2. The molecule has 0 saturated carbocycles. The Morgan fingerprint density at radius 3 is 2.68 bits per heavy atom. The first-order valence-electron chi connectivity index (χ1n) is 9.25. The van der Waals surface area contributed by atoms with E-state index in [0.717, 1.165) is 22.6 Å². The van der Waals surface area contributed by atoms with Crippen molar-refractivity contribution in [3.8, 4) is 11.5 Å². The van der Waals surface area contributed by atoms with Crippen molar-refractivity contribution in [2.24, 2.45) is 5.10 Å². The molecule has 0 radical (unpaired) electrons. The molecular formula is C20H23N7O3S. The maximum atomic E-state index is 12.1. The Morgan fingerprint density at radius 1 is 1.16 bits per heavy atom. The van der Waals surface area contributed by atoms with E-state index < -0.39 is 0 Å². The molecule has 31 heavy (non-hydrogen) atoms. The lowest BCUT2D eigenvalue weighted by Crippen LogP contribution is -2.25. The topological polar surface area (TPSA) is 129 Å². The van der Waals surface area contributed by atoms with Crippen molar-refractivity contribution in [3.63, 3.8) is 0 Å². The number of nitrogen functional groups attached to an aromatic ring is 1. The van der Waals surface area contributed by atoms with Gasteiger partial charge in [0.25, 0.3) is 5.95 Å². The molecule has 11 heteroatoms. The fourth-order valence-corrected chi connectivity index (χ4v) is 3.15. The van der Waals surface area contributed by atoms with Gasteiger partial charge < -0.3 is 20.6 Å². The van der Waals surface area contributed by atoms with Gasteiger partial charge in [-0.15, -0.1) is 10.2 Å². The molecule has 10 nitrogen and oxygen atoms in total. The van der Waals surface area contributed by atoms with E-state index in [9.17, 15) is 4.79 Å². The molecule has 0 bridgehead atoms. The Bertz CT molecular complexity index is 1040. The first kappa shape index (κ1) is 22.0. The number of carbonyl (C=O) groups is 1. The second-order valence-electron chi connectivity index (χ2n) is 6.24. The summed E-state index contributed by atoms with van der Waals surface area (Å²) in [7, 11) is 3.21. The Morgan fingerprint density at radius 2 is 1.94 bits per heavy atom. The van der Waals surface area contributed by atoms with Gasteiger partial charge in [-0.25, -0.2) is 10.1 Å². The number of benzene rings is 2. The van der Waals surface area contributed by atoms with Gasteiger partial charge in [0.2, 0.25) is 11.1 Å². The van der Waals surface area contributed by atoms with Crippen LogP contribution in [-0.4, -0.2) is 47.0 Å². The summed E-state index contributed by atoms with van der Waals surface area (Å²) in [4.78, 5) is 12.1. The zero-order chi connectivity index (χ0) is 22.1. The molecule has 0 spiro atoms. The number of thioether (sulfide) groups is 1. The lowest BCUT2D eigenvalue weighted by Gasteiger charge is -2.06. The van der Waals surface area contributed by atoms with Gasteiger partial charge in [-0.1, -0.05) is 36.0 Å². The van der Waals surface area contributed by atoms with Crippen molar-refractivity contribution in [3.05, 3.63) is 59.7 Å². The van der Waals surface area contributed by atoms with Crippen molar-refractivity contribution < 1.29 is 14.3 Å². The molecule has 0 aliphatic rings. The summed E-state index contributed by atoms with van der Waals surface area (Å²) >= 11 is 1.18. The quantitative estimate of drug-likeness (QED) is 0.188.